The average Bonchev–Trinajstić information content (AvgIpc) is 3.27. The highest BCUT2D eigenvalue weighted by Crippen LogP contribution is 2.45. The third-order valence-electron chi connectivity index (χ3n) is 11.1. The summed E-state index contributed by atoms with van der Waals surface area (Å²) in [6.07, 6.45) is 1.88. The summed E-state index contributed by atoms with van der Waals surface area (Å²) in [4.78, 5) is 30.5. The number of pyridine rings is 1. The minimum Gasteiger partial charge on any atom is -0.472 e. The van der Waals surface area contributed by atoms with E-state index in [0.717, 1.165) is 29.2 Å². The quantitative estimate of drug-likeness (QED) is 0.176. The number of nitrogens with zero attached hydrogens (tertiary/aromatic N) is 5. The highest BCUT2D eigenvalue weighted by atomic mass is 28.3. The molecule has 0 aliphatic carbocycles. The Labute approximate surface area is 276 Å². The Morgan fingerprint density at radius 2 is 1.79 bits per heavy atom. The molecule has 7 rings (SSSR count). The van der Waals surface area contributed by atoms with Gasteiger partial charge >= 0.3 is 6.09 Å². The van der Waals surface area contributed by atoms with Crippen LogP contribution in [0, 0.1) is 17.3 Å². The van der Waals surface area contributed by atoms with Crippen molar-refractivity contribution in [1.29, 1.82) is 0 Å². The molecule has 4 unspecified atom stereocenters. The number of piperazine rings is 1. The first kappa shape index (κ1) is 31.4. The lowest BCUT2D eigenvalue weighted by atomic mass is 9.96. The predicted octanol–water partition coefficient (Wildman–Crippen LogP) is 8.03. The molecule has 4 aromatic rings. The lowest BCUT2D eigenvalue weighted by molar-refractivity contribution is 0.0707. The number of carbonyl (C=O) groups is 1. The molecule has 2 fully saturated rings. The third-order valence-corrected chi connectivity index (χ3v) is 17.4. The van der Waals surface area contributed by atoms with Crippen molar-refractivity contribution in [3.05, 3.63) is 54.1 Å². The Morgan fingerprint density at radius 3 is 2.49 bits per heavy atom. The van der Waals surface area contributed by atoms with E-state index in [2.05, 4.69) is 62.9 Å². The summed E-state index contributed by atoms with van der Waals surface area (Å²) in [6.45, 7) is 16.1. The van der Waals surface area contributed by atoms with Gasteiger partial charge in [-0.15, -0.1) is 5.54 Å². The molecule has 244 valence electrons. The zero-order chi connectivity index (χ0) is 33.4. The predicted molar refractivity (Wildman–Crippen MR) is 186 cm³/mol. The van der Waals surface area contributed by atoms with Gasteiger partial charge in [0.25, 0.3) is 0 Å². The summed E-state index contributed by atoms with van der Waals surface area (Å²) in [5.74, 6) is 4.18. The second-order valence-corrected chi connectivity index (χ2v) is 19.9. The van der Waals surface area contributed by atoms with Crippen LogP contribution in [0.1, 0.15) is 66.9 Å². The van der Waals surface area contributed by atoms with Crippen molar-refractivity contribution in [3.8, 4) is 28.6 Å². The number of amides is 1. The van der Waals surface area contributed by atoms with Gasteiger partial charge in [0.1, 0.15) is 37.5 Å². The fourth-order valence-corrected chi connectivity index (χ4v) is 14.3. The summed E-state index contributed by atoms with van der Waals surface area (Å²) < 4.78 is 22.5. The highest BCUT2D eigenvalue weighted by Gasteiger charge is 2.52. The van der Waals surface area contributed by atoms with Crippen LogP contribution in [0.25, 0.3) is 32.9 Å². The van der Waals surface area contributed by atoms with E-state index in [1.807, 2.05) is 31.2 Å². The SMILES string of the molecule is CC1Oc2nc(-c3cccc4ccc(F)c(C#C[Si](C(C)C)(C(C)C)C(C)C)c34)cc3ncnc(c23)N2CC3CCC(C12)N3C(=O)O. The number of hydrogen-bond donors (Lipinski definition) is 1. The molecule has 8 nitrogen and oxygen atoms in total. The smallest absolute Gasteiger partial charge is 0.407 e. The number of aromatic nitrogens is 3. The van der Waals surface area contributed by atoms with Crippen molar-refractivity contribution < 1.29 is 19.0 Å². The van der Waals surface area contributed by atoms with Gasteiger partial charge in [0.15, 0.2) is 0 Å². The molecule has 1 N–H and O–H groups in total. The monoisotopic (exact) mass is 651 g/mol. The minimum absolute atomic E-state index is 0.103. The normalized spacial score (nSPS) is 22.0. The van der Waals surface area contributed by atoms with Crippen molar-refractivity contribution in [2.75, 3.05) is 11.4 Å². The molecule has 47 heavy (non-hydrogen) atoms. The maximum atomic E-state index is 15.9. The Kier molecular flexibility index (Phi) is 7.66. The van der Waals surface area contributed by atoms with E-state index in [1.165, 1.54) is 6.07 Å². The average molecular weight is 652 g/mol. The molecule has 4 atom stereocenters. The maximum absolute atomic E-state index is 15.9. The van der Waals surface area contributed by atoms with Gasteiger partial charge in [-0.1, -0.05) is 71.7 Å². The van der Waals surface area contributed by atoms with Crippen LogP contribution in [0.5, 0.6) is 5.88 Å². The molecule has 1 amide bonds. The number of fused-ring (bicyclic) bond motifs is 6. The summed E-state index contributed by atoms with van der Waals surface area (Å²) in [5.41, 5.74) is 7.39. The Bertz CT molecular complexity index is 1950. The van der Waals surface area contributed by atoms with E-state index < -0.39 is 14.2 Å². The van der Waals surface area contributed by atoms with Crippen LogP contribution in [0.15, 0.2) is 42.7 Å². The lowest BCUT2D eigenvalue weighted by Gasteiger charge is -2.47. The van der Waals surface area contributed by atoms with Crippen molar-refractivity contribution in [2.24, 2.45) is 0 Å². The minimum atomic E-state index is -2.14. The van der Waals surface area contributed by atoms with Crippen molar-refractivity contribution in [3.63, 3.8) is 0 Å². The first-order valence-electron chi connectivity index (χ1n) is 16.8. The van der Waals surface area contributed by atoms with Gasteiger partial charge in [-0.2, -0.15) is 0 Å². The largest absolute Gasteiger partial charge is 0.472 e. The molecule has 2 aromatic carbocycles. The van der Waals surface area contributed by atoms with Crippen LogP contribution in [-0.4, -0.2) is 69.9 Å². The van der Waals surface area contributed by atoms with Crippen molar-refractivity contribution in [2.45, 2.75) is 102 Å². The first-order valence-corrected chi connectivity index (χ1v) is 19.0. The molecular weight excluding hydrogens is 610 g/mol. The molecule has 2 bridgehead atoms. The second kappa shape index (κ2) is 11.5. The fourth-order valence-electron chi connectivity index (χ4n) is 9.09. The van der Waals surface area contributed by atoms with Gasteiger partial charge in [0, 0.05) is 17.5 Å². The number of anilines is 1. The van der Waals surface area contributed by atoms with E-state index in [9.17, 15) is 9.90 Å². The van der Waals surface area contributed by atoms with Crippen LogP contribution in [-0.2, 0) is 0 Å². The molecule has 2 saturated heterocycles. The molecule has 3 aliphatic rings. The third kappa shape index (κ3) is 4.76. The number of benzene rings is 2. The van der Waals surface area contributed by atoms with Crippen LogP contribution in [0.2, 0.25) is 16.6 Å². The summed E-state index contributed by atoms with van der Waals surface area (Å²) in [6, 6.07) is 10.6. The maximum Gasteiger partial charge on any atom is 0.407 e. The van der Waals surface area contributed by atoms with Gasteiger partial charge in [0.2, 0.25) is 5.88 Å². The number of hydrogen-bond acceptors (Lipinski definition) is 6. The summed E-state index contributed by atoms with van der Waals surface area (Å²) >= 11 is 0. The lowest BCUT2D eigenvalue weighted by Crippen LogP contribution is -2.64. The Morgan fingerprint density at radius 1 is 1.04 bits per heavy atom. The molecular formula is C37H42FN5O3Si. The van der Waals surface area contributed by atoms with E-state index in [1.54, 1.807) is 17.3 Å². The number of halogens is 1. The van der Waals surface area contributed by atoms with E-state index in [0.29, 0.717) is 57.0 Å². The van der Waals surface area contributed by atoms with Gasteiger partial charge in [-0.3, -0.25) is 4.90 Å². The van der Waals surface area contributed by atoms with E-state index >= 15 is 4.39 Å². The van der Waals surface area contributed by atoms with Crippen molar-refractivity contribution in [1.82, 2.24) is 19.9 Å². The van der Waals surface area contributed by atoms with Crippen LogP contribution < -0.4 is 9.64 Å². The molecule has 5 heterocycles. The zero-order valence-electron chi connectivity index (χ0n) is 28.1. The summed E-state index contributed by atoms with van der Waals surface area (Å²) in [5, 5.41) is 12.4. The van der Waals surface area contributed by atoms with Crippen LogP contribution in [0.3, 0.4) is 0 Å². The van der Waals surface area contributed by atoms with E-state index in [-0.39, 0.29) is 30.0 Å². The van der Waals surface area contributed by atoms with Gasteiger partial charge < -0.3 is 14.7 Å². The number of rotatable bonds is 4. The molecule has 2 aromatic heterocycles. The topological polar surface area (TPSA) is 91.7 Å². The van der Waals surface area contributed by atoms with Gasteiger partial charge in [0.05, 0.1) is 34.9 Å². The number of carboxylic acid groups (broad SMARTS) is 1. The molecule has 10 heteroatoms. The Hall–Kier alpha value is -4.23. The Balaban J connectivity index is 1.41. The van der Waals surface area contributed by atoms with Gasteiger partial charge in [-0.05, 0) is 53.9 Å². The molecule has 3 aliphatic heterocycles. The van der Waals surface area contributed by atoms with Crippen molar-refractivity contribution >= 4 is 41.7 Å². The zero-order valence-corrected chi connectivity index (χ0v) is 29.1. The van der Waals surface area contributed by atoms with E-state index in [4.69, 9.17) is 14.7 Å². The van der Waals surface area contributed by atoms with Crippen LogP contribution >= 0.6 is 0 Å². The standard InChI is InChI=1S/C37H42FN5O3Si/c1-20(2)47(21(3)4,22(5)6)16-15-26-28(38)13-11-24-9-8-10-27(32(24)26)29-17-30-33-35(40-19-39-30)42-18-25-12-14-31(43(25)37(44)45)34(42)23(7)46-36(33)41-29/h8-11,13,17,19-23,25,31,34H,12,14,18H2,1-7H3,(H,44,45). The molecule has 0 saturated carbocycles. The fraction of sp³-hybridized carbons (Fsp3) is 0.459. The summed E-state index contributed by atoms with van der Waals surface area (Å²) in [7, 11) is -2.14. The first-order chi connectivity index (χ1) is 22.4. The second-order valence-electron chi connectivity index (χ2n) is 14.3. The van der Waals surface area contributed by atoms with Gasteiger partial charge in [-0.25, -0.2) is 24.1 Å². The molecule has 0 spiro atoms. The number of ether oxygens (including phenoxy) is 1. The van der Waals surface area contributed by atoms with Crippen LogP contribution in [0.4, 0.5) is 15.0 Å². The highest BCUT2D eigenvalue weighted by molar-refractivity contribution is 6.90. The molecule has 0 radical (unpaired) electrons.